The third-order valence-electron chi connectivity index (χ3n) is 14.9. The molecule has 0 aliphatic carbocycles. The van der Waals surface area contributed by atoms with Gasteiger partial charge in [0, 0.05) is 53.8 Å². The molecule has 0 radical (unpaired) electrons. The summed E-state index contributed by atoms with van der Waals surface area (Å²) in [5.41, 5.74) is 7.64. The molecule has 0 saturated carbocycles. The number of aryl methyl sites for hydroxylation is 1. The Morgan fingerprint density at radius 1 is 0.525 bits per heavy atom. The molecular weight excluding hydrogens is 1170 g/mol. The molecule has 0 fully saturated rings. The molecule has 10 aromatic rings. The third-order valence-corrected chi connectivity index (χ3v) is 17.0. The fourth-order valence-electron chi connectivity index (χ4n) is 10.1. The standard InChI is InChI=1S/C74H78N3OSi.Pt/c1-47-38-58(79(14,15)16)34-35-59(47)51-32-30-48(31-33-51)52-36-37-75-65(42-52)54-39-53(40-55(41-54)71(2,3)4)60-28-23-29-66-67(60)76-70(63-45-57(73(8,9)10)46-64(69(63)78)74(11,12)13)77(66)68-61(49-24-19-17-20-25-49)43-56(72(5,6)7)44-62(68)50-26-21-18-22-27-50;/h17-38,40-46,78H,1-16H3;/q-1;/i1D3,17D,18D,19D,20D,21D,22D,24D,25D,26D,27D;. The maximum absolute atomic E-state index is 13.0. The average Bonchev–Trinajstić information content (AvgIpc) is 1.67. The van der Waals surface area contributed by atoms with E-state index in [0.717, 1.165) is 33.0 Å². The fourth-order valence-corrected chi connectivity index (χ4v) is 11.3. The summed E-state index contributed by atoms with van der Waals surface area (Å²) < 4.78 is 119. The minimum absolute atomic E-state index is 0. The number of benzene rings is 8. The first-order chi connectivity index (χ1) is 42.5. The quantitative estimate of drug-likeness (QED) is 0.116. The van der Waals surface area contributed by atoms with Crippen molar-refractivity contribution in [2.24, 2.45) is 0 Å². The minimum Gasteiger partial charge on any atom is -0.507 e. The summed E-state index contributed by atoms with van der Waals surface area (Å²) >= 11 is 0. The summed E-state index contributed by atoms with van der Waals surface area (Å²) in [6.45, 7) is 28.6. The summed E-state index contributed by atoms with van der Waals surface area (Å²) in [5.74, 6) is 0.0578. The van der Waals surface area contributed by atoms with Gasteiger partial charge in [0.25, 0.3) is 0 Å². The summed E-state index contributed by atoms with van der Waals surface area (Å²) in [6, 6.07) is 32.8. The number of nitrogens with zero attached hydrogens (tertiary/aromatic N) is 3. The monoisotopic (exact) mass is 1260 g/mol. The number of para-hydroxylation sites is 1. The molecule has 80 heavy (non-hydrogen) atoms. The molecule has 0 saturated heterocycles. The number of phenols is 1. The molecule has 1 N–H and O–H groups in total. The molecule has 0 aliphatic rings. The Balaban J connectivity index is 0.0000102. The summed E-state index contributed by atoms with van der Waals surface area (Å²) in [7, 11) is -1.81. The summed E-state index contributed by atoms with van der Waals surface area (Å²) in [6.07, 6.45) is 1.75. The second-order valence-electron chi connectivity index (χ2n) is 26.0. The summed E-state index contributed by atoms with van der Waals surface area (Å²) in [4.78, 5) is 10.6. The molecule has 0 bridgehead atoms. The van der Waals surface area contributed by atoms with Crippen molar-refractivity contribution in [3.8, 4) is 89.7 Å². The van der Waals surface area contributed by atoms with Crippen LogP contribution in [0.15, 0.2) is 176 Å². The molecule has 0 aliphatic heterocycles. The van der Waals surface area contributed by atoms with E-state index in [0.29, 0.717) is 55.7 Å². The number of imidazole rings is 1. The minimum atomic E-state index is -2.31. The first-order valence-electron chi connectivity index (χ1n) is 33.5. The van der Waals surface area contributed by atoms with Gasteiger partial charge >= 0.3 is 0 Å². The van der Waals surface area contributed by atoms with Gasteiger partial charge in [-0.15, -0.1) is 29.3 Å². The third kappa shape index (κ3) is 11.5. The Kier molecular flexibility index (Phi) is 11.5. The predicted octanol–water partition coefficient (Wildman–Crippen LogP) is 19.6. The van der Waals surface area contributed by atoms with Crippen molar-refractivity contribution in [3.05, 3.63) is 210 Å². The normalized spacial score (nSPS) is 14.9. The number of fused-ring (bicyclic) bond motifs is 1. The molecule has 0 spiro atoms. The van der Waals surface area contributed by atoms with Crippen molar-refractivity contribution >= 4 is 24.3 Å². The molecule has 4 nitrogen and oxygen atoms in total. The van der Waals surface area contributed by atoms with Crippen molar-refractivity contribution in [2.45, 2.75) is 131 Å². The number of hydrogen-bond acceptors (Lipinski definition) is 3. The van der Waals surface area contributed by atoms with Crippen LogP contribution in [0.25, 0.3) is 95.0 Å². The van der Waals surface area contributed by atoms with Gasteiger partial charge in [-0.25, -0.2) is 4.98 Å². The van der Waals surface area contributed by atoms with Crippen molar-refractivity contribution in [3.63, 3.8) is 0 Å². The smallest absolute Gasteiger partial charge is 0.148 e. The Morgan fingerprint density at radius 3 is 1.64 bits per heavy atom. The van der Waals surface area contributed by atoms with Crippen LogP contribution in [-0.4, -0.2) is 27.7 Å². The van der Waals surface area contributed by atoms with E-state index in [1.54, 1.807) is 22.9 Å². The van der Waals surface area contributed by atoms with E-state index >= 15 is 0 Å². The zero-order chi connectivity index (χ0) is 67.8. The second-order valence-corrected chi connectivity index (χ2v) is 31.1. The van der Waals surface area contributed by atoms with Gasteiger partial charge in [0.05, 0.1) is 44.1 Å². The number of phenolic OH excluding ortho intramolecular Hbond substituents is 1. The van der Waals surface area contributed by atoms with Gasteiger partial charge in [0.1, 0.15) is 11.6 Å². The van der Waals surface area contributed by atoms with Crippen LogP contribution >= 0.6 is 0 Å². The van der Waals surface area contributed by atoms with Gasteiger partial charge in [-0.2, -0.15) is 0 Å². The number of aromatic hydroxyl groups is 1. The van der Waals surface area contributed by atoms with Gasteiger partial charge in [-0.05, 0) is 109 Å². The van der Waals surface area contributed by atoms with Gasteiger partial charge in [-0.1, -0.05) is 246 Å². The van der Waals surface area contributed by atoms with Crippen LogP contribution in [-0.2, 0) is 42.7 Å². The molecule has 6 heteroatoms. The van der Waals surface area contributed by atoms with Crippen molar-refractivity contribution < 1.29 is 44.0 Å². The topological polar surface area (TPSA) is 50.9 Å². The van der Waals surface area contributed by atoms with Crippen LogP contribution in [0.5, 0.6) is 5.75 Å². The van der Waals surface area contributed by atoms with E-state index in [1.165, 1.54) is 0 Å². The maximum Gasteiger partial charge on any atom is 0.148 e. The van der Waals surface area contributed by atoms with Crippen LogP contribution in [0.2, 0.25) is 19.6 Å². The number of rotatable bonds is 9. The van der Waals surface area contributed by atoms with Crippen LogP contribution in [0.4, 0.5) is 0 Å². The number of hydrogen-bond donors (Lipinski definition) is 1. The Labute approximate surface area is 511 Å². The first-order valence-corrected chi connectivity index (χ1v) is 30.5. The average molecular weight is 1260 g/mol. The zero-order valence-corrected chi connectivity index (χ0v) is 51.8. The van der Waals surface area contributed by atoms with E-state index in [2.05, 4.69) is 85.4 Å². The molecule has 2 heterocycles. The molecule has 0 atom stereocenters. The van der Waals surface area contributed by atoms with Crippen molar-refractivity contribution in [1.29, 1.82) is 0 Å². The first kappa shape index (κ1) is 42.9. The molecule has 410 valence electrons. The Hall–Kier alpha value is -6.91. The largest absolute Gasteiger partial charge is 0.507 e. The Bertz CT molecular complexity index is 4510. The number of aromatic nitrogens is 3. The molecule has 2 aromatic heterocycles. The van der Waals surface area contributed by atoms with E-state index in [4.69, 9.17) is 22.3 Å². The van der Waals surface area contributed by atoms with E-state index in [9.17, 15) is 10.6 Å². The zero-order valence-electron chi connectivity index (χ0n) is 61.6. The molecular formula is C74H78N3OPtSi-. The van der Waals surface area contributed by atoms with E-state index in [1.807, 2.05) is 120 Å². The van der Waals surface area contributed by atoms with E-state index < -0.39 is 97.0 Å². The van der Waals surface area contributed by atoms with Gasteiger partial charge in [0.2, 0.25) is 0 Å². The number of pyridine rings is 1. The van der Waals surface area contributed by atoms with Gasteiger partial charge in [0.15, 0.2) is 0 Å². The van der Waals surface area contributed by atoms with Crippen LogP contribution in [0.1, 0.15) is 129 Å². The van der Waals surface area contributed by atoms with Crippen molar-refractivity contribution in [2.75, 3.05) is 0 Å². The van der Waals surface area contributed by atoms with Gasteiger partial charge in [-0.3, -0.25) is 9.55 Å². The summed E-state index contributed by atoms with van der Waals surface area (Å²) in [5, 5.41) is 14.1. The van der Waals surface area contributed by atoms with Crippen LogP contribution < -0.4 is 5.19 Å². The Morgan fingerprint density at radius 2 is 1.07 bits per heavy atom. The molecule has 0 unspecified atom stereocenters. The van der Waals surface area contributed by atoms with Crippen LogP contribution in [0.3, 0.4) is 0 Å². The molecule has 8 aromatic carbocycles. The van der Waals surface area contributed by atoms with Crippen molar-refractivity contribution in [1.82, 2.24) is 14.5 Å². The van der Waals surface area contributed by atoms with Gasteiger partial charge < -0.3 is 5.11 Å². The molecule has 10 rings (SSSR count). The van der Waals surface area contributed by atoms with E-state index in [-0.39, 0.29) is 66.1 Å². The SMILES string of the molecule is [2H]c1c([2H])c([2H])c(-c2cc(C(C)(C)C)cc(-c3c([2H])c([2H])c([2H])c([2H])c3[2H])c2-n2c(-c3cc(C(C)(C)C)cc(C(C)(C)C)c3O)nc3c(-c4[c-]c(-c5cc(-c6ccc(-c7ccc([Si](C)(C)C)cc7C([2H])([2H])[2H])cc6)ccn5)cc(C(C)(C)C)c4)cccc32)c([2H])c1[2H].[Pt]. The fraction of sp³-hybridized carbons (Fsp3) is 0.270. The second kappa shape index (κ2) is 21.5. The maximum atomic E-state index is 13.0. The molecule has 0 amide bonds. The van der Waals surface area contributed by atoms with Crippen LogP contribution in [0, 0.1) is 12.9 Å². The predicted molar refractivity (Wildman–Crippen MR) is 340 cm³/mol.